The first-order valence-electron chi connectivity index (χ1n) is 10.2. The van der Waals surface area contributed by atoms with Crippen LogP contribution in [0.1, 0.15) is 59.6 Å². The van der Waals surface area contributed by atoms with Crippen molar-refractivity contribution in [3.8, 4) is 5.82 Å². The van der Waals surface area contributed by atoms with E-state index in [0.717, 1.165) is 30.7 Å². The molecule has 0 aliphatic heterocycles. The zero-order valence-electron chi connectivity index (χ0n) is 17.1. The largest absolute Gasteiger partial charge is 0.457 e. The second-order valence-corrected chi connectivity index (χ2v) is 8.34. The van der Waals surface area contributed by atoms with E-state index >= 15 is 0 Å². The minimum atomic E-state index is -0.358. The Balaban J connectivity index is 1.41. The maximum atomic E-state index is 12.7. The highest BCUT2D eigenvalue weighted by Gasteiger charge is 2.42. The number of rotatable bonds is 5. The van der Waals surface area contributed by atoms with Crippen LogP contribution in [0.2, 0.25) is 0 Å². The van der Waals surface area contributed by atoms with Crippen molar-refractivity contribution >= 4 is 17.5 Å². The van der Waals surface area contributed by atoms with Gasteiger partial charge in [-0.05, 0) is 52.5 Å². The molecule has 1 unspecified atom stereocenters. The number of carbonyl (C=O) groups is 3. The fraction of sp³-hybridized carbons (Fsp3) is 0.545. The van der Waals surface area contributed by atoms with Crippen LogP contribution in [-0.4, -0.2) is 33.9 Å². The predicted octanol–water partition coefficient (Wildman–Crippen LogP) is 3.51. The lowest BCUT2D eigenvalue weighted by molar-refractivity contribution is -0.152. The number of carbonyl (C=O) groups excluding carboxylic acids is 3. The molecule has 0 N–H and O–H groups in total. The number of ether oxygens (including phenoxy) is 1. The number of fused-ring (bicyclic) bond motifs is 2. The molecular weight excluding hydrogens is 372 g/mol. The molecule has 2 aromatic rings. The Bertz CT molecular complexity index is 954. The Labute approximate surface area is 169 Å². The van der Waals surface area contributed by atoms with Crippen molar-refractivity contribution in [2.45, 2.75) is 52.9 Å². The molecule has 0 radical (unpaired) electrons. The van der Waals surface area contributed by atoms with Gasteiger partial charge in [0.2, 0.25) is 5.78 Å². The first-order valence-corrected chi connectivity index (χ1v) is 10.2. The maximum absolute atomic E-state index is 12.7. The number of Topliss-reactive ketones (excluding diaryl/α,β-unsaturated/α-hetero) is 2. The highest BCUT2D eigenvalue weighted by molar-refractivity contribution is 5.99. The molecule has 0 saturated heterocycles. The molecule has 0 amide bonds. The number of nitrogens with zero attached hydrogens (tertiary/aromatic N) is 2. The van der Waals surface area contributed by atoms with Gasteiger partial charge in [0.1, 0.15) is 11.5 Å². The summed E-state index contributed by atoms with van der Waals surface area (Å²) in [6, 6.07) is 3.58. The molecule has 2 heterocycles. The van der Waals surface area contributed by atoms with Crippen LogP contribution in [0, 0.1) is 38.5 Å². The molecule has 7 heteroatoms. The molecule has 7 nitrogen and oxygen atoms in total. The second-order valence-electron chi connectivity index (χ2n) is 8.34. The summed E-state index contributed by atoms with van der Waals surface area (Å²) in [5.41, 5.74) is 2.09. The van der Waals surface area contributed by atoms with Crippen LogP contribution < -0.4 is 0 Å². The van der Waals surface area contributed by atoms with E-state index in [-0.39, 0.29) is 36.1 Å². The van der Waals surface area contributed by atoms with Crippen LogP contribution in [-0.2, 0) is 14.3 Å². The topological polar surface area (TPSA) is 91.4 Å². The SMILES string of the molecule is Cc1cc(-n2c(C)cc(C(=O)COC(=O)C3C[C@H]4CCC[C@@H](C3)C4=O)c2C)no1. The van der Waals surface area contributed by atoms with Crippen molar-refractivity contribution in [2.75, 3.05) is 6.61 Å². The van der Waals surface area contributed by atoms with Crippen LogP contribution in [0.25, 0.3) is 5.82 Å². The summed E-state index contributed by atoms with van der Waals surface area (Å²) in [7, 11) is 0. The Morgan fingerprint density at radius 1 is 1.17 bits per heavy atom. The third-order valence-corrected chi connectivity index (χ3v) is 6.30. The van der Waals surface area contributed by atoms with Gasteiger partial charge in [-0.3, -0.25) is 19.0 Å². The molecule has 2 aromatic heterocycles. The lowest BCUT2D eigenvalue weighted by Crippen LogP contribution is -2.39. The third kappa shape index (κ3) is 3.66. The highest BCUT2D eigenvalue weighted by atomic mass is 16.5. The van der Waals surface area contributed by atoms with Crippen molar-refractivity contribution < 1.29 is 23.6 Å². The average Bonchev–Trinajstić information content (AvgIpc) is 3.21. The summed E-state index contributed by atoms with van der Waals surface area (Å²) in [4.78, 5) is 37.5. The number of aryl methyl sites for hydroxylation is 2. The van der Waals surface area contributed by atoms with Crippen molar-refractivity contribution in [1.29, 1.82) is 0 Å². The van der Waals surface area contributed by atoms with Gasteiger partial charge in [-0.2, -0.15) is 0 Å². The van der Waals surface area contributed by atoms with Crippen LogP contribution in [0.5, 0.6) is 0 Å². The molecule has 2 fully saturated rings. The Hall–Kier alpha value is -2.70. The van der Waals surface area contributed by atoms with E-state index in [0.29, 0.717) is 35.8 Å². The first kappa shape index (κ1) is 19.6. The van der Waals surface area contributed by atoms with E-state index in [2.05, 4.69) is 5.16 Å². The van der Waals surface area contributed by atoms with Crippen molar-refractivity contribution in [1.82, 2.24) is 9.72 Å². The summed E-state index contributed by atoms with van der Waals surface area (Å²) in [5.74, 6) is 0.708. The first-order chi connectivity index (χ1) is 13.8. The lowest BCUT2D eigenvalue weighted by Gasteiger charge is -2.36. The van der Waals surface area contributed by atoms with Gasteiger partial charge in [-0.25, -0.2) is 0 Å². The molecule has 2 bridgehead atoms. The maximum Gasteiger partial charge on any atom is 0.309 e. The smallest absolute Gasteiger partial charge is 0.309 e. The van der Waals surface area contributed by atoms with Gasteiger partial charge < -0.3 is 9.26 Å². The van der Waals surface area contributed by atoms with Gasteiger partial charge in [0.15, 0.2) is 12.4 Å². The van der Waals surface area contributed by atoms with Gasteiger partial charge in [0.25, 0.3) is 0 Å². The average molecular weight is 398 g/mol. The van der Waals surface area contributed by atoms with Crippen molar-refractivity contribution in [2.24, 2.45) is 17.8 Å². The number of aromatic nitrogens is 2. The molecule has 0 aromatic carbocycles. The number of hydrogen-bond donors (Lipinski definition) is 0. The van der Waals surface area contributed by atoms with Gasteiger partial charge >= 0.3 is 5.97 Å². The molecule has 4 rings (SSSR count). The monoisotopic (exact) mass is 398 g/mol. The van der Waals surface area contributed by atoms with E-state index in [1.54, 1.807) is 12.1 Å². The number of esters is 1. The summed E-state index contributed by atoms with van der Waals surface area (Å²) in [6.45, 7) is 5.24. The molecule has 2 saturated carbocycles. The minimum absolute atomic E-state index is 0.0133. The predicted molar refractivity (Wildman–Crippen MR) is 104 cm³/mol. The van der Waals surface area contributed by atoms with Gasteiger partial charge in [0, 0.05) is 34.9 Å². The fourth-order valence-corrected chi connectivity index (χ4v) is 4.86. The lowest BCUT2D eigenvalue weighted by atomic mass is 9.67. The summed E-state index contributed by atoms with van der Waals surface area (Å²) in [6.07, 6.45) is 3.91. The van der Waals surface area contributed by atoms with Gasteiger partial charge in [-0.15, -0.1) is 0 Å². The Kier molecular flexibility index (Phi) is 5.15. The van der Waals surface area contributed by atoms with E-state index in [9.17, 15) is 14.4 Å². The molecular formula is C22H26N2O5. The third-order valence-electron chi connectivity index (χ3n) is 6.30. The fourth-order valence-electron chi connectivity index (χ4n) is 4.86. The normalized spacial score (nSPS) is 23.8. The van der Waals surface area contributed by atoms with Crippen molar-refractivity contribution in [3.63, 3.8) is 0 Å². The zero-order chi connectivity index (χ0) is 20.7. The molecule has 2 aliphatic carbocycles. The summed E-state index contributed by atoms with van der Waals surface area (Å²) >= 11 is 0. The van der Waals surface area contributed by atoms with Gasteiger partial charge in [0.05, 0.1) is 5.92 Å². The van der Waals surface area contributed by atoms with Crippen LogP contribution in [0.15, 0.2) is 16.7 Å². The van der Waals surface area contributed by atoms with Crippen LogP contribution in [0.4, 0.5) is 0 Å². The summed E-state index contributed by atoms with van der Waals surface area (Å²) < 4.78 is 12.4. The van der Waals surface area contributed by atoms with E-state index in [1.807, 2.05) is 25.3 Å². The quantitative estimate of drug-likeness (QED) is 0.565. The summed E-state index contributed by atoms with van der Waals surface area (Å²) in [5, 5.41) is 4.01. The van der Waals surface area contributed by atoms with E-state index in [4.69, 9.17) is 9.26 Å². The van der Waals surface area contributed by atoms with Crippen LogP contribution >= 0.6 is 0 Å². The molecule has 29 heavy (non-hydrogen) atoms. The minimum Gasteiger partial charge on any atom is -0.457 e. The Morgan fingerprint density at radius 3 is 2.48 bits per heavy atom. The number of hydrogen-bond acceptors (Lipinski definition) is 6. The van der Waals surface area contributed by atoms with Gasteiger partial charge in [-0.1, -0.05) is 11.6 Å². The second kappa shape index (κ2) is 7.61. The van der Waals surface area contributed by atoms with Crippen LogP contribution in [0.3, 0.4) is 0 Å². The molecule has 3 atom stereocenters. The van der Waals surface area contributed by atoms with E-state index in [1.165, 1.54) is 0 Å². The van der Waals surface area contributed by atoms with Crippen molar-refractivity contribution in [3.05, 3.63) is 34.8 Å². The highest BCUT2D eigenvalue weighted by Crippen LogP contribution is 2.40. The molecule has 2 aliphatic rings. The zero-order valence-corrected chi connectivity index (χ0v) is 17.1. The molecule has 154 valence electrons. The standard InChI is InChI=1S/C22H26N2O5/c1-12-7-18(14(3)24(12)20-8-13(2)29-23-20)19(25)11-28-22(27)17-9-15-5-4-6-16(10-17)21(15)26/h7-8,15-17H,4-6,9-11H2,1-3H3/t15-,16+,17?. The Morgan fingerprint density at radius 2 is 1.86 bits per heavy atom. The molecule has 0 spiro atoms. The van der Waals surface area contributed by atoms with E-state index < -0.39 is 0 Å². The number of ketones is 2.